The minimum atomic E-state index is -4.59. The Labute approximate surface area is 113 Å². The summed E-state index contributed by atoms with van der Waals surface area (Å²) in [6.07, 6.45) is -4.05. The number of hydrogen-bond donors (Lipinski definition) is 2. The van der Waals surface area contributed by atoms with Crippen LogP contribution in [0.25, 0.3) is 0 Å². The fourth-order valence-electron chi connectivity index (χ4n) is 0.987. The van der Waals surface area contributed by atoms with E-state index in [9.17, 15) is 36.1 Å². The van der Waals surface area contributed by atoms with E-state index in [1.165, 1.54) is 4.72 Å². The van der Waals surface area contributed by atoms with Gasteiger partial charge in [-0.3, -0.25) is 10.1 Å². The highest BCUT2D eigenvalue weighted by Crippen LogP contribution is 2.34. The monoisotopic (exact) mass is 337 g/mol. The minimum Gasteiger partial charge on any atom is -0.385 e. The number of nitrogen functional groups attached to an aromatic ring is 1. The van der Waals surface area contributed by atoms with Crippen LogP contribution in [0.4, 0.5) is 28.3 Å². The van der Waals surface area contributed by atoms with Crippen LogP contribution >= 0.6 is 11.3 Å². The normalized spacial score (nSPS) is 12.8. The summed E-state index contributed by atoms with van der Waals surface area (Å²) in [7, 11) is -4.59. The van der Waals surface area contributed by atoms with Gasteiger partial charge >= 0.3 is 18.0 Å². The molecule has 0 aliphatic heterocycles. The van der Waals surface area contributed by atoms with Crippen molar-refractivity contribution in [2.75, 3.05) is 12.3 Å². The van der Waals surface area contributed by atoms with E-state index < -0.39 is 48.7 Å². The van der Waals surface area contributed by atoms with E-state index in [1.807, 2.05) is 0 Å². The Morgan fingerprint density at radius 2 is 2.05 bits per heavy atom. The van der Waals surface area contributed by atoms with E-state index in [0.717, 1.165) is 0 Å². The summed E-state index contributed by atoms with van der Waals surface area (Å²) >= 11 is 0.262. The number of hydrogen-bond acceptors (Lipinski definition) is 6. The molecule has 1 rings (SSSR count). The van der Waals surface area contributed by atoms with Crippen LogP contribution in [0.2, 0.25) is 0 Å². The molecule has 0 unspecified atom stereocenters. The van der Waals surface area contributed by atoms with Crippen LogP contribution in [0.5, 0.6) is 0 Å². The predicted octanol–water partition coefficient (Wildman–Crippen LogP) is 1.42. The third-order valence-corrected chi connectivity index (χ3v) is 4.82. The quantitative estimate of drug-likeness (QED) is 0.463. The molecule has 20 heavy (non-hydrogen) atoms. The highest BCUT2D eigenvalue weighted by atomic mass is 32.2. The van der Waals surface area contributed by atoms with E-state index >= 15 is 0 Å². The summed E-state index contributed by atoms with van der Waals surface area (Å²) in [5.74, 6) is -4.55. The van der Waals surface area contributed by atoms with E-state index in [2.05, 4.69) is 0 Å². The van der Waals surface area contributed by atoms with Crippen LogP contribution in [-0.4, -0.2) is 32.2 Å². The van der Waals surface area contributed by atoms with Gasteiger partial charge in [-0.25, -0.2) is 21.9 Å². The summed E-state index contributed by atoms with van der Waals surface area (Å²) in [6.45, 7) is -1.83. The number of halogens is 4. The molecule has 0 radical (unpaired) electrons. The molecule has 0 aliphatic carbocycles. The number of nitrogens with one attached hydrogen (secondary N) is 1. The first-order chi connectivity index (χ1) is 8.97. The van der Waals surface area contributed by atoms with Gasteiger partial charge in [0.25, 0.3) is 10.0 Å². The Hall–Kier alpha value is -1.47. The van der Waals surface area contributed by atoms with E-state index in [1.54, 1.807) is 0 Å². The highest BCUT2D eigenvalue weighted by Gasteiger charge is 2.42. The molecular formula is C7H7F4N3O4S2. The number of nitro groups is 1. The predicted molar refractivity (Wildman–Crippen MR) is 61.5 cm³/mol. The number of nitrogens with two attached hydrogens (primary N) is 1. The Balaban J connectivity index is 2.96. The second kappa shape index (κ2) is 5.49. The average Bonchev–Trinajstić information content (AvgIpc) is 2.70. The van der Waals surface area contributed by atoms with Gasteiger partial charge in [-0.05, 0) is 0 Å². The van der Waals surface area contributed by atoms with Gasteiger partial charge < -0.3 is 5.73 Å². The molecule has 1 aromatic rings. The molecule has 7 nitrogen and oxygen atoms in total. The lowest BCUT2D eigenvalue weighted by atomic mass is 10.4. The summed E-state index contributed by atoms with van der Waals surface area (Å²) in [5, 5.41) is 10.0. The fraction of sp³-hybridized carbons (Fsp3) is 0.429. The van der Waals surface area contributed by atoms with Gasteiger partial charge in [0.1, 0.15) is 4.21 Å². The van der Waals surface area contributed by atoms with E-state index in [-0.39, 0.29) is 11.3 Å². The largest absolute Gasteiger partial charge is 0.385 e. The van der Waals surface area contributed by atoms with Crippen LogP contribution in [0.1, 0.15) is 0 Å². The van der Waals surface area contributed by atoms with Crippen molar-refractivity contribution in [3.63, 3.8) is 0 Å². The SMILES string of the molecule is Nc1sc(S(=O)(=O)NCC(F)(F)C(F)F)cc1[N+](=O)[O-]. The second-order valence-electron chi connectivity index (χ2n) is 3.46. The van der Waals surface area contributed by atoms with E-state index in [4.69, 9.17) is 5.73 Å². The maximum absolute atomic E-state index is 12.6. The minimum absolute atomic E-state index is 0.262. The van der Waals surface area contributed by atoms with Crippen molar-refractivity contribution < 1.29 is 30.9 Å². The zero-order chi connectivity index (χ0) is 15.7. The number of thiophene rings is 1. The van der Waals surface area contributed by atoms with Crippen LogP contribution in [0.3, 0.4) is 0 Å². The molecule has 0 fully saturated rings. The lowest BCUT2D eigenvalue weighted by molar-refractivity contribution is -0.383. The summed E-state index contributed by atoms with van der Waals surface area (Å²) in [6, 6.07) is 0.558. The van der Waals surface area contributed by atoms with Gasteiger partial charge in [0.05, 0.1) is 11.5 Å². The Morgan fingerprint density at radius 1 is 1.50 bits per heavy atom. The Bertz CT molecular complexity index is 616. The van der Waals surface area contributed by atoms with Gasteiger partial charge in [0.15, 0.2) is 5.00 Å². The first-order valence-electron chi connectivity index (χ1n) is 4.66. The molecule has 0 spiro atoms. The average molecular weight is 337 g/mol. The molecule has 0 atom stereocenters. The summed E-state index contributed by atoms with van der Waals surface area (Å²) < 4.78 is 72.5. The summed E-state index contributed by atoms with van der Waals surface area (Å²) in [5.41, 5.74) is 4.47. The van der Waals surface area contributed by atoms with Crippen molar-refractivity contribution in [1.82, 2.24) is 4.72 Å². The number of alkyl halides is 4. The number of nitrogens with zero attached hydrogens (tertiary/aromatic N) is 1. The first kappa shape index (κ1) is 16.6. The highest BCUT2D eigenvalue weighted by molar-refractivity contribution is 7.91. The summed E-state index contributed by atoms with van der Waals surface area (Å²) in [4.78, 5) is 9.51. The molecule has 1 heterocycles. The van der Waals surface area contributed by atoms with Crippen molar-refractivity contribution in [1.29, 1.82) is 0 Å². The van der Waals surface area contributed by atoms with Gasteiger partial charge in [0, 0.05) is 6.07 Å². The van der Waals surface area contributed by atoms with Gasteiger partial charge in [0.2, 0.25) is 0 Å². The molecule has 0 aliphatic rings. The molecule has 114 valence electrons. The van der Waals surface area contributed by atoms with Gasteiger partial charge in [-0.2, -0.15) is 8.78 Å². The lowest BCUT2D eigenvalue weighted by Crippen LogP contribution is -2.41. The smallest absolute Gasteiger partial charge is 0.320 e. The molecule has 3 N–H and O–H groups in total. The fourth-order valence-corrected chi connectivity index (χ4v) is 3.29. The standard InChI is InChI=1S/C7H7F4N3O4S2/c8-6(9)7(10,11)2-13-20(17,18)4-1-3(14(15)16)5(12)19-4/h1,6,13H,2,12H2. The van der Waals surface area contributed by atoms with Crippen LogP contribution < -0.4 is 10.5 Å². The lowest BCUT2D eigenvalue weighted by Gasteiger charge is -2.15. The molecule has 1 aromatic heterocycles. The topological polar surface area (TPSA) is 115 Å². The van der Waals surface area contributed by atoms with Gasteiger partial charge in [-0.1, -0.05) is 11.3 Å². The molecule has 0 saturated heterocycles. The second-order valence-corrected chi connectivity index (χ2v) is 6.54. The van der Waals surface area contributed by atoms with Crippen molar-refractivity contribution >= 4 is 32.0 Å². The third kappa shape index (κ3) is 3.55. The third-order valence-electron chi connectivity index (χ3n) is 2.00. The van der Waals surface area contributed by atoms with Crippen LogP contribution in [0, 0.1) is 10.1 Å². The van der Waals surface area contributed by atoms with Gasteiger partial charge in [-0.15, -0.1) is 0 Å². The number of sulfonamides is 1. The molecule has 0 aromatic carbocycles. The zero-order valence-corrected chi connectivity index (χ0v) is 11.0. The molecule has 13 heteroatoms. The zero-order valence-electron chi connectivity index (χ0n) is 9.35. The van der Waals surface area contributed by atoms with Crippen LogP contribution in [0.15, 0.2) is 10.3 Å². The Kier molecular flexibility index (Phi) is 4.55. The van der Waals surface area contributed by atoms with Crippen molar-refractivity contribution in [2.24, 2.45) is 0 Å². The molecular weight excluding hydrogens is 330 g/mol. The molecule has 0 saturated carbocycles. The number of anilines is 1. The maximum Gasteiger partial charge on any atom is 0.320 e. The molecule has 0 amide bonds. The first-order valence-corrected chi connectivity index (χ1v) is 6.96. The van der Waals surface area contributed by atoms with E-state index in [0.29, 0.717) is 6.07 Å². The van der Waals surface area contributed by atoms with Crippen molar-refractivity contribution in [2.45, 2.75) is 16.6 Å². The molecule has 0 bridgehead atoms. The number of rotatable bonds is 6. The Morgan fingerprint density at radius 3 is 2.45 bits per heavy atom. The van der Waals surface area contributed by atoms with Crippen molar-refractivity contribution in [3.05, 3.63) is 16.2 Å². The maximum atomic E-state index is 12.6. The van der Waals surface area contributed by atoms with Crippen molar-refractivity contribution in [3.8, 4) is 0 Å². The van der Waals surface area contributed by atoms with Crippen LogP contribution in [-0.2, 0) is 10.0 Å².